The lowest BCUT2D eigenvalue weighted by Gasteiger charge is -2.24. The molecule has 1 N–H and O–H groups in total. The minimum absolute atomic E-state index is 0.418. The number of aryl methyl sites for hydroxylation is 1. The zero-order valence-corrected chi connectivity index (χ0v) is 13.1. The second-order valence-electron chi connectivity index (χ2n) is 5.33. The van der Waals surface area contributed by atoms with Gasteiger partial charge in [0.2, 0.25) is 0 Å². The minimum Gasteiger partial charge on any atom is -0.309 e. The van der Waals surface area contributed by atoms with Gasteiger partial charge in [0, 0.05) is 6.20 Å². The Morgan fingerprint density at radius 3 is 2.47 bits per heavy atom. The summed E-state index contributed by atoms with van der Waals surface area (Å²) in [4.78, 5) is 4.66. The maximum atomic E-state index is 4.66. The summed E-state index contributed by atoms with van der Waals surface area (Å²) >= 11 is 0. The van der Waals surface area contributed by atoms with E-state index in [0.717, 1.165) is 18.9 Å². The molecule has 0 fully saturated rings. The minimum atomic E-state index is 0.418. The fraction of sp³-hybridized carbons (Fsp3) is 0.706. The Morgan fingerprint density at radius 2 is 1.89 bits per heavy atom. The smallest absolute Gasteiger partial charge is 0.0605 e. The second-order valence-corrected chi connectivity index (χ2v) is 5.33. The van der Waals surface area contributed by atoms with E-state index in [1.807, 2.05) is 6.20 Å². The van der Waals surface area contributed by atoms with E-state index in [2.05, 4.69) is 50.1 Å². The van der Waals surface area contributed by atoms with Crippen LogP contribution < -0.4 is 5.32 Å². The number of hydrogen-bond acceptors (Lipinski definition) is 2. The van der Waals surface area contributed by atoms with Gasteiger partial charge in [0.1, 0.15) is 0 Å². The van der Waals surface area contributed by atoms with Crippen molar-refractivity contribution in [2.75, 3.05) is 6.54 Å². The number of pyridine rings is 1. The van der Waals surface area contributed by atoms with E-state index in [9.17, 15) is 0 Å². The van der Waals surface area contributed by atoms with Crippen LogP contribution >= 0.6 is 0 Å². The van der Waals surface area contributed by atoms with Crippen LogP contribution in [-0.2, 0) is 6.42 Å². The molecule has 0 aromatic carbocycles. The predicted molar refractivity (Wildman–Crippen MR) is 83.3 cm³/mol. The van der Waals surface area contributed by atoms with Crippen LogP contribution in [0.25, 0.3) is 0 Å². The van der Waals surface area contributed by atoms with Crippen LogP contribution in [0.4, 0.5) is 0 Å². The van der Waals surface area contributed by atoms with Crippen LogP contribution in [0.1, 0.15) is 70.7 Å². The van der Waals surface area contributed by atoms with E-state index >= 15 is 0 Å². The summed E-state index contributed by atoms with van der Waals surface area (Å²) in [6.45, 7) is 10.1. The normalized spacial score (nSPS) is 12.9. The monoisotopic (exact) mass is 262 g/mol. The van der Waals surface area contributed by atoms with Gasteiger partial charge in [0.25, 0.3) is 0 Å². The average Bonchev–Trinajstić information content (AvgIpc) is 2.47. The molecule has 0 aliphatic carbocycles. The first-order valence-electron chi connectivity index (χ1n) is 7.93. The summed E-state index contributed by atoms with van der Waals surface area (Å²) < 4.78 is 0. The van der Waals surface area contributed by atoms with Gasteiger partial charge in [-0.2, -0.15) is 0 Å². The van der Waals surface area contributed by atoms with Crippen LogP contribution in [0.15, 0.2) is 18.3 Å². The molecule has 0 saturated carbocycles. The van der Waals surface area contributed by atoms with E-state index in [1.165, 1.54) is 36.9 Å². The molecule has 0 saturated heterocycles. The molecule has 0 aliphatic rings. The van der Waals surface area contributed by atoms with Crippen LogP contribution in [0, 0.1) is 5.92 Å². The van der Waals surface area contributed by atoms with Crippen LogP contribution in [0.3, 0.4) is 0 Å². The Labute approximate surface area is 119 Å². The number of nitrogens with zero attached hydrogens (tertiary/aromatic N) is 1. The molecular formula is C17H30N2. The molecule has 1 aromatic heterocycles. The molecule has 1 rings (SSSR count). The van der Waals surface area contributed by atoms with Crippen LogP contribution in [0.5, 0.6) is 0 Å². The van der Waals surface area contributed by atoms with E-state index in [1.54, 1.807) is 0 Å². The number of rotatable bonds is 9. The van der Waals surface area contributed by atoms with E-state index < -0.39 is 0 Å². The highest BCUT2D eigenvalue weighted by Gasteiger charge is 2.18. The zero-order chi connectivity index (χ0) is 14.1. The molecule has 1 atom stereocenters. The molecule has 2 heteroatoms. The molecule has 1 aromatic rings. The fourth-order valence-corrected chi connectivity index (χ4v) is 2.63. The molecule has 19 heavy (non-hydrogen) atoms. The van der Waals surface area contributed by atoms with Gasteiger partial charge in [0.05, 0.1) is 11.7 Å². The van der Waals surface area contributed by atoms with Gasteiger partial charge in [-0.15, -0.1) is 0 Å². The van der Waals surface area contributed by atoms with E-state index in [-0.39, 0.29) is 0 Å². The summed E-state index contributed by atoms with van der Waals surface area (Å²) in [6.07, 6.45) is 7.90. The van der Waals surface area contributed by atoms with Crippen LogP contribution in [0.2, 0.25) is 0 Å². The summed E-state index contributed by atoms with van der Waals surface area (Å²) in [6, 6.07) is 4.69. The molecule has 0 aliphatic heterocycles. The first kappa shape index (κ1) is 16.2. The molecular weight excluding hydrogens is 232 g/mol. The third kappa shape index (κ3) is 4.94. The summed E-state index contributed by atoms with van der Waals surface area (Å²) in [5.74, 6) is 0.793. The van der Waals surface area contributed by atoms with E-state index in [4.69, 9.17) is 0 Å². The largest absolute Gasteiger partial charge is 0.309 e. The van der Waals surface area contributed by atoms with Crippen molar-refractivity contribution in [1.82, 2.24) is 10.3 Å². The summed E-state index contributed by atoms with van der Waals surface area (Å²) in [5, 5.41) is 3.70. The fourth-order valence-electron chi connectivity index (χ4n) is 2.63. The summed E-state index contributed by atoms with van der Waals surface area (Å²) in [7, 11) is 0. The lowest BCUT2D eigenvalue weighted by atomic mass is 9.91. The number of hydrogen-bond donors (Lipinski definition) is 1. The Balaban J connectivity index is 2.88. The highest BCUT2D eigenvalue weighted by molar-refractivity contribution is 5.23. The molecule has 1 heterocycles. The molecule has 0 amide bonds. The molecule has 0 bridgehead atoms. The van der Waals surface area contributed by atoms with Crippen molar-refractivity contribution in [3.63, 3.8) is 0 Å². The van der Waals surface area contributed by atoms with Gasteiger partial charge in [-0.3, -0.25) is 4.98 Å². The molecule has 0 radical (unpaired) electrons. The maximum absolute atomic E-state index is 4.66. The Morgan fingerprint density at radius 1 is 1.16 bits per heavy atom. The summed E-state index contributed by atoms with van der Waals surface area (Å²) in [5.41, 5.74) is 2.66. The van der Waals surface area contributed by atoms with Gasteiger partial charge in [-0.25, -0.2) is 0 Å². The van der Waals surface area contributed by atoms with Crippen LogP contribution in [-0.4, -0.2) is 11.5 Å². The molecule has 0 spiro atoms. The van der Waals surface area contributed by atoms with Gasteiger partial charge in [0.15, 0.2) is 0 Å². The third-order valence-corrected chi connectivity index (χ3v) is 4.00. The second kappa shape index (κ2) is 9.08. The Kier molecular flexibility index (Phi) is 7.73. The first-order valence-corrected chi connectivity index (χ1v) is 7.93. The quantitative estimate of drug-likeness (QED) is 0.708. The van der Waals surface area contributed by atoms with Crippen molar-refractivity contribution in [2.24, 2.45) is 5.92 Å². The van der Waals surface area contributed by atoms with Crippen molar-refractivity contribution in [1.29, 1.82) is 0 Å². The standard InChI is InChI=1S/C17H30N2/c1-5-11-18-16(13-14(6-2)7-3)17-15(8-4)10-9-12-19-17/h9-10,12,14,16,18H,5-8,11,13H2,1-4H3. The molecule has 108 valence electrons. The van der Waals surface area contributed by atoms with Gasteiger partial charge in [-0.05, 0) is 43.4 Å². The van der Waals surface area contributed by atoms with Crippen molar-refractivity contribution >= 4 is 0 Å². The SMILES string of the molecule is CCCNC(CC(CC)CC)c1ncccc1CC. The number of aromatic nitrogens is 1. The van der Waals surface area contributed by atoms with Gasteiger partial charge in [-0.1, -0.05) is 46.6 Å². The van der Waals surface area contributed by atoms with Gasteiger partial charge >= 0.3 is 0 Å². The third-order valence-electron chi connectivity index (χ3n) is 4.00. The lowest BCUT2D eigenvalue weighted by molar-refractivity contribution is 0.365. The Hall–Kier alpha value is -0.890. The zero-order valence-electron chi connectivity index (χ0n) is 13.1. The first-order chi connectivity index (χ1) is 9.26. The Bertz CT molecular complexity index is 345. The van der Waals surface area contributed by atoms with Crippen molar-refractivity contribution in [3.8, 4) is 0 Å². The highest BCUT2D eigenvalue weighted by atomic mass is 14.9. The van der Waals surface area contributed by atoms with Crippen molar-refractivity contribution < 1.29 is 0 Å². The topological polar surface area (TPSA) is 24.9 Å². The average molecular weight is 262 g/mol. The predicted octanol–water partition coefficient (Wildman–Crippen LogP) is 4.51. The lowest BCUT2D eigenvalue weighted by Crippen LogP contribution is -2.26. The highest BCUT2D eigenvalue weighted by Crippen LogP contribution is 2.26. The maximum Gasteiger partial charge on any atom is 0.0605 e. The molecule has 2 nitrogen and oxygen atoms in total. The van der Waals surface area contributed by atoms with E-state index in [0.29, 0.717) is 6.04 Å². The van der Waals surface area contributed by atoms with Crippen molar-refractivity contribution in [3.05, 3.63) is 29.6 Å². The van der Waals surface area contributed by atoms with Crippen molar-refractivity contribution in [2.45, 2.75) is 65.8 Å². The number of nitrogens with one attached hydrogen (secondary N) is 1. The molecule has 1 unspecified atom stereocenters. The van der Waals surface area contributed by atoms with Gasteiger partial charge < -0.3 is 5.32 Å².